The van der Waals surface area contributed by atoms with Crippen molar-refractivity contribution in [3.63, 3.8) is 0 Å². The van der Waals surface area contributed by atoms with E-state index in [1.165, 1.54) is 0 Å². The van der Waals surface area contributed by atoms with E-state index in [0.717, 1.165) is 16.7 Å². The van der Waals surface area contributed by atoms with Gasteiger partial charge < -0.3 is 10.2 Å². The fraction of sp³-hybridized carbons (Fsp3) is 0.364. The molecule has 156 valence electrons. The molecular weight excluding hydrogens is 413 g/mol. The van der Waals surface area contributed by atoms with Gasteiger partial charge in [0.15, 0.2) is 0 Å². The number of hydrogen-bond acceptors (Lipinski definition) is 3. The summed E-state index contributed by atoms with van der Waals surface area (Å²) in [5, 5.41) is 22.8. The van der Waals surface area contributed by atoms with Gasteiger partial charge in [0, 0.05) is 10.0 Å². The number of carboxylic acids is 2. The van der Waals surface area contributed by atoms with Crippen molar-refractivity contribution in [1.82, 2.24) is 5.32 Å². The normalized spacial score (nSPS) is 13.3. The fourth-order valence-corrected chi connectivity index (χ4v) is 3.72. The molecule has 2 aromatic carbocycles. The summed E-state index contributed by atoms with van der Waals surface area (Å²) in [6.07, 6.45) is 1.21. The van der Waals surface area contributed by atoms with Crippen LogP contribution in [-0.2, 0) is 22.4 Å². The minimum absolute atomic E-state index is 0.136. The van der Waals surface area contributed by atoms with E-state index in [2.05, 4.69) is 5.32 Å². The number of carboxylic acid groups (broad SMARTS) is 2. The van der Waals surface area contributed by atoms with E-state index in [9.17, 15) is 19.8 Å². The summed E-state index contributed by atoms with van der Waals surface area (Å²) in [7, 11) is 0. The van der Waals surface area contributed by atoms with Crippen molar-refractivity contribution in [3.8, 4) is 0 Å². The molecule has 0 saturated heterocycles. The number of halogens is 2. The third kappa shape index (κ3) is 7.69. The zero-order valence-corrected chi connectivity index (χ0v) is 17.9. The number of nitrogens with one attached hydrogen (secondary N) is 1. The minimum Gasteiger partial charge on any atom is -0.480 e. The van der Waals surface area contributed by atoms with E-state index in [-0.39, 0.29) is 12.3 Å². The lowest BCUT2D eigenvalue weighted by atomic mass is 9.99. The molecule has 0 saturated carbocycles. The largest absolute Gasteiger partial charge is 0.480 e. The fourth-order valence-electron chi connectivity index (χ4n) is 3.15. The van der Waals surface area contributed by atoms with Crippen LogP contribution in [0.1, 0.15) is 37.0 Å². The Morgan fingerprint density at radius 3 is 1.86 bits per heavy atom. The number of rotatable bonds is 10. The van der Waals surface area contributed by atoms with E-state index in [1.807, 2.05) is 50.2 Å². The lowest BCUT2D eigenvalue weighted by molar-refractivity contribution is -0.142. The van der Waals surface area contributed by atoms with Crippen molar-refractivity contribution in [2.24, 2.45) is 5.92 Å². The second-order valence-corrected chi connectivity index (χ2v) is 8.43. The van der Waals surface area contributed by atoms with Gasteiger partial charge in [-0.2, -0.15) is 0 Å². The molecular formula is C22H25Cl2NO4. The summed E-state index contributed by atoms with van der Waals surface area (Å²) in [5.41, 5.74) is 2.83. The number of carbonyl (C=O) groups is 2. The first-order valence-electron chi connectivity index (χ1n) is 9.38. The van der Waals surface area contributed by atoms with Gasteiger partial charge in [-0.05, 0) is 60.1 Å². The Morgan fingerprint density at radius 1 is 0.862 bits per heavy atom. The lowest BCUT2D eigenvalue weighted by Crippen LogP contribution is -2.48. The lowest BCUT2D eigenvalue weighted by Gasteiger charge is -2.22. The standard InChI is InChI=1S/C22H25Cl2NO4/c1-13(2)7-19(21(26)27)25-20(22(28)29)11-15-5-3-14(4-6-15)8-16-9-17(23)12-18(24)10-16/h3-6,9-10,12-13,19-20,25H,7-8,11H2,1-2H3,(H,26,27)(H,28,29). The first-order valence-corrected chi connectivity index (χ1v) is 10.1. The second-order valence-electron chi connectivity index (χ2n) is 7.55. The molecule has 0 spiro atoms. The highest BCUT2D eigenvalue weighted by molar-refractivity contribution is 6.34. The second kappa shape index (κ2) is 10.6. The topological polar surface area (TPSA) is 86.6 Å². The predicted octanol–water partition coefficient (Wildman–Crippen LogP) is 4.67. The van der Waals surface area contributed by atoms with Crippen LogP contribution in [0.4, 0.5) is 0 Å². The maximum Gasteiger partial charge on any atom is 0.321 e. The zero-order valence-electron chi connectivity index (χ0n) is 16.4. The molecule has 2 unspecified atom stereocenters. The van der Waals surface area contributed by atoms with Gasteiger partial charge >= 0.3 is 11.9 Å². The minimum atomic E-state index is -1.07. The molecule has 3 N–H and O–H groups in total. The quantitative estimate of drug-likeness (QED) is 0.502. The SMILES string of the molecule is CC(C)CC(NC(Cc1ccc(Cc2cc(Cl)cc(Cl)c2)cc1)C(=O)O)C(=O)O. The maximum absolute atomic E-state index is 11.6. The average molecular weight is 438 g/mol. The molecule has 0 aliphatic carbocycles. The van der Waals surface area contributed by atoms with Crippen LogP contribution in [0.3, 0.4) is 0 Å². The summed E-state index contributed by atoms with van der Waals surface area (Å²) in [5.74, 6) is -1.98. The van der Waals surface area contributed by atoms with Gasteiger partial charge in [-0.3, -0.25) is 14.9 Å². The molecule has 0 fully saturated rings. The summed E-state index contributed by atoms with van der Waals surface area (Å²) in [6, 6.07) is 11.1. The van der Waals surface area contributed by atoms with Crippen molar-refractivity contribution >= 4 is 35.1 Å². The van der Waals surface area contributed by atoms with Gasteiger partial charge in [0.1, 0.15) is 12.1 Å². The third-order valence-electron chi connectivity index (χ3n) is 4.50. The van der Waals surface area contributed by atoms with Crippen molar-refractivity contribution in [3.05, 3.63) is 69.2 Å². The van der Waals surface area contributed by atoms with Crippen molar-refractivity contribution in [2.45, 2.75) is 45.2 Å². The van der Waals surface area contributed by atoms with Crippen LogP contribution in [0.15, 0.2) is 42.5 Å². The molecule has 2 aromatic rings. The molecule has 2 atom stereocenters. The van der Waals surface area contributed by atoms with Gasteiger partial charge in [-0.15, -0.1) is 0 Å². The third-order valence-corrected chi connectivity index (χ3v) is 4.94. The van der Waals surface area contributed by atoms with Gasteiger partial charge in [0.25, 0.3) is 0 Å². The smallest absolute Gasteiger partial charge is 0.321 e. The Labute approximate surface area is 180 Å². The number of aliphatic carboxylic acids is 2. The van der Waals surface area contributed by atoms with Crippen molar-refractivity contribution in [1.29, 1.82) is 0 Å². The highest BCUT2D eigenvalue weighted by atomic mass is 35.5. The van der Waals surface area contributed by atoms with Crippen molar-refractivity contribution < 1.29 is 19.8 Å². The highest BCUT2D eigenvalue weighted by Gasteiger charge is 2.26. The molecule has 7 heteroatoms. The maximum atomic E-state index is 11.6. The Bertz CT molecular complexity index is 832. The van der Waals surface area contributed by atoms with E-state index in [1.54, 1.807) is 6.07 Å². The van der Waals surface area contributed by atoms with Gasteiger partial charge in [0.2, 0.25) is 0 Å². The summed E-state index contributed by atoms with van der Waals surface area (Å²) >= 11 is 12.1. The van der Waals surface area contributed by atoms with E-state index in [4.69, 9.17) is 23.2 Å². The highest BCUT2D eigenvalue weighted by Crippen LogP contribution is 2.21. The van der Waals surface area contributed by atoms with Crippen LogP contribution in [0.5, 0.6) is 0 Å². The van der Waals surface area contributed by atoms with Crippen LogP contribution < -0.4 is 5.32 Å². The summed E-state index contributed by atoms with van der Waals surface area (Å²) < 4.78 is 0. The number of benzene rings is 2. The Balaban J connectivity index is 2.06. The first kappa shape index (κ1) is 23.2. The van der Waals surface area contributed by atoms with Crippen LogP contribution in [-0.4, -0.2) is 34.2 Å². The first-order chi connectivity index (χ1) is 13.6. The van der Waals surface area contributed by atoms with E-state index in [0.29, 0.717) is 22.9 Å². The van der Waals surface area contributed by atoms with Gasteiger partial charge in [-0.1, -0.05) is 61.3 Å². The molecule has 2 rings (SSSR count). The Kier molecular flexibility index (Phi) is 8.50. The number of hydrogen-bond donors (Lipinski definition) is 3. The molecule has 29 heavy (non-hydrogen) atoms. The predicted molar refractivity (Wildman–Crippen MR) is 115 cm³/mol. The molecule has 0 amide bonds. The van der Waals surface area contributed by atoms with Gasteiger partial charge in [0.05, 0.1) is 0 Å². The molecule has 0 aromatic heterocycles. The molecule has 0 aliphatic rings. The zero-order chi connectivity index (χ0) is 21.6. The molecule has 0 heterocycles. The monoisotopic (exact) mass is 437 g/mol. The van der Waals surface area contributed by atoms with Crippen LogP contribution in [0, 0.1) is 5.92 Å². The summed E-state index contributed by atoms with van der Waals surface area (Å²) in [4.78, 5) is 23.1. The molecule has 0 aliphatic heterocycles. The summed E-state index contributed by atoms with van der Waals surface area (Å²) in [6.45, 7) is 3.80. The van der Waals surface area contributed by atoms with Crippen LogP contribution in [0.25, 0.3) is 0 Å². The molecule has 0 radical (unpaired) electrons. The average Bonchev–Trinajstić information content (AvgIpc) is 2.60. The van der Waals surface area contributed by atoms with E-state index >= 15 is 0 Å². The van der Waals surface area contributed by atoms with Crippen molar-refractivity contribution in [2.75, 3.05) is 0 Å². The van der Waals surface area contributed by atoms with E-state index < -0.39 is 24.0 Å². The Hall–Kier alpha value is -2.08. The molecule has 5 nitrogen and oxygen atoms in total. The Morgan fingerprint density at radius 2 is 1.38 bits per heavy atom. The van der Waals surface area contributed by atoms with Gasteiger partial charge in [-0.25, -0.2) is 0 Å². The molecule has 0 bridgehead atoms. The van der Waals surface area contributed by atoms with Crippen LogP contribution in [0.2, 0.25) is 10.0 Å². The van der Waals surface area contributed by atoms with Crippen LogP contribution >= 0.6 is 23.2 Å².